The lowest BCUT2D eigenvalue weighted by atomic mass is 10.1. The average Bonchev–Trinajstić information content (AvgIpc) is 2.93. The van der Waals surface area contributed by atoms with Gasteiger partial charge in [0.2, 0.25) is 11.8 Å². The SMILES string of the molecule is CCNC(=O)C(CC)N(Cc1ccc(F)cc1)C(=O)CN(c1cc(C)ccc1OC)S(=O)(=O)c1ccccc1. The van der Waals surface area contributed by atoms with Crippen LogP contribution in [0.25, 0.3) is 0 Å². The summed E-state index contributed by atoms with van der Waals surface area (Å²) in [7, 11) is -2.79. The van der Waals surface area contributed by atoms with E-state index in [-0.39, 0.29) is 35.2 Å². The predicted molar refractivity (Wildman–Crippen MR) is 148 cm³/mol. The summed E-state index contributed by atoms with van der Waals surface area (Å²) < 4.78 is 47.9. The van der Waals surface area contributed by atoms with Gasteiger partial charge >= 0.3 is 0 Å². The number of aryl methyl sites for hydroxylation is 1. The van der Waals surface area contributed by atoms with Crippen molar-refractivity contribution in [2.75, 3.05) is 24.5 Å². The van der Waals surface area contributed by atoms with Crippen molar-refractivity contribution in [2.45, 2.75) is 44.7 Å². The Morgan fingerprint density at radius 3 is 2.26 bits per heavy atom. The molecule has 1 N–H and O–H groups in total. The van der Waals surface area contributed by atoms with Gasteiger partial charge in [-0.1, -0.05) is 43.3 Å². The first-order valence-electron chi connectivity index (χ1n) is 12.7. The van der Waals surface area contributed by atoms with E-state index in [1.807, 2.05) is 0 Å². The Hall–Kier alpha value is -3.92. The van der Waals surface area contributed by atoms with E-state index in [2.05, 4.69) is 5.32 Å². The van der Waals surface area contributed by atoms with Gasteiger partial charge in [-0.2, -0.15) is 0 Å². The zero-order chi connectivity index (χ0) is 28.6. The van der Waals surface area contributed by atoms with Crippen molar-refractivity contribution >= 4 is 27.5 Å². The minimum atomic E-state index is -4.22. The Morgan fingerprint density at radius 1 is 1.00 bits per heavy atom. The molecule has 39 heavy (non-hydrogen) atoms. The van der Waals surface area contributed by atoms with Gasteiger partial charge in [-0.05, 0) is 67.8 Å². The van der Waals surface area contributed by atoms with E-state index >= 15 is 0 Å². The van der Waals surface area contributed by atoms with Crippen molar-refractivity contribution in [2.24, 2.45) is 0 Å². The lowest BCUT2D eigenvalue weighted by Gasteiger charge is -2.33. The molecular formula is C29H34FN3O5S. The molecule has 0 aromatic heterocycles. The maximum Gasteiger partial charge on any atom is 0.264 e. The molecule has 0 fully saturated rings. The number of ether oxygens (including phenoxy) is 1. The van der Waals surface area contributed by atoms with Gasteiger partial charge in [0.05, 0.1) is 17.7 Å². The summed E-state index contributed by atoms with van der Waals surface area (Å²) >= 11 is 0. The summed E-state index contributed by atoms with van der Waals surface area (Å²) in [5.41, 5.74) is 1.56. The maximum atomic E-state index is 14.0. The number of nitrogens with one attached hydrogen (secondary N) is 1. The van der Waals surface area contributed by atoms with Gasteiger partial charge < -0.3 is 15.0 Å². The van der Waals surface area contributed by atoms with Crippen molar-refractivity contribution < 1.29 is 27.1 Å². The van der Waals surface area contributed by atoms with Crippen LogP contribution in [0.15, 0.2) is 77.7 Å². The average molecular weight is 556 g/mol. The van der Waals surface area contributed by atoms with Crippen molar-refractivity contribution in [3.8, 4) is 5.75 Å². The lowest BCUT2D eigenvalue weighted by Crippen LogP contribution is -2.52. The molecule has 10 heteroatoms. The lowest BCUT2D eigenvalue weighted by molar-refractivity contribution is -0.140. The topological polar surface area (TPSA) is 96.0 Å². The molecule has 3 aromatic rings. The fraction of sp³-hybridized carbons (Fsp3) is 0.310. The molecule has 0 radical (unpaired) electrons. The fourth-order valence-corrected chi connectivity index (χ4v) is 5.66. The van der Waals surface area contributed by atoms with Gasteiger partial charge in [-0.3, -0.25) is 13.9 Å². The fourth-order valence-electron chi connectivity index (χ4n) is 4.23. The molecule has 1 atom stereocenters. The third kappa shape index (κ3) is 7.14. The standard InChI is InChI=1S/C29H34FN3O5S/c1-5-25(29(35)31-6-2)32(19-22-13-15-23(30)16-14-22)28(34)20-33(26-18-21(3)12-17-27(26)38-4)39(36,37)24-10-8-7-9-11-24/h7-18,25H,5-6,19-20H2,1-4H3,(H,31,35). The maximum absolute atomic E-state index is 14.0. The Labute approximate surface area is 229 Å². The summed E-state index contributed by atoms with van der Waals surface area (Å²) in [6, 6.07) is 17.6. The molecule has 0 saturated heterocycles. The number of rotatable bonds is 12. The molecule has 0 bridgehead atoms. The van der Waals surface area contributed by atoms with Crippen LogP contribution in [0.4, 0.5) is 10.1 Å². The molecule has 0 aliphatic carbocycles. The zero-order valence-corrected chi connectivity index (χ0v) is 23.4. The van der Waals surface area contributed by atoms with Crippen LogP contribution in [-0.4, -0.2) is 51.4 Å². The van der Waals surface area contributed by atoms with Crippen LogP contribution in [0.1, 0.15) is 31.4 Å². The number of anilines is 1. The number of amides is 2. The molecule has 0 aliphatic rings. The molecular weight excluding hydrogens is 521 g/mol. The highest BCUT2D eigenvalue weighted by Gasteiger charge is 2.34. The number of carbonyl (C=O) groups excluding carboxylic acids is 2. The van der Waals surface area contributed by atoms with E-state index in [0.717, 1.165) is 9.87 Å². The molecule has 0 aliphatic heterocycles. The number of hydrogen-bond donors (Lipinski definition) is 1. The Balaban J connectivity index is 2.11. The summed E-state index contributed by atoms with van der Waals surface area (Å²) in [6.07, 6.45) is 0.290. The number of benzene rings is 3. The Kier molecular flexibility index (Phi) is 10.1. The van der Waals surface area contributed by atoms with Gasteiger partial charge in [0.25, 0.3) is 10.0 Å². The number of nitrogens with zero attached hydrogens (tertiary/aromatic N) is 2. The van der Waals surface area contributed by atoms with Gasteiger partial charge in [0.15, 0.2) is 0 Å². The van der Waals surface area contributed by atoms with E-state index in [0.29, 0.717) is 12.1 Å². The third-order valence-corrected chi connectivity index (χ3v) is 7.99. The van der Waals surface area contributed by atoms with Gasteiger partial charge in [-0.15, -0.1) is 0 Å². The number of sulfonamides is 1. The second-order valence-corrected chi connectivity index (χ2v) is 10.8. The normalized spacial score (nSPS) is 11.9. The van der Waals surface area contributed by atoms with Crippen molar-refractivity contribution in [3.05, 3.63) is 89.7 Å². The smallest absolute Gasteiger partial charge is 0.264 e. The highest BCUT2D eigenvalue weighted by atomic mass is 32.2. The van der Waals surface area contributed by atoms with Crippen LogP contribution >= 0.6 is 0 Å². The second kappa shape index (κ2) is 13.2. The van der Waals surface area contributed by atoms with Crippen molar-refractivity contribution in [1.82, 2.24) is 10.2 Å². The molecule has 3 aromatic carbocycles. The molecule has 0 heterocycles. The van der Waals surface area contributed by atoms with Gasteiger partial charge in [0.1, 0.15) is 24.2 Å². The van der Waals surface area contributed by atoms with Crippen LogP contribution < -0.4 is 14.4 Å². The monoisotopic (exact) mass is 555 g/mol. The first-order valence-corrected chi connectivity index (χ1v) is 14.1. The summed E-state index contributed by atoms with van der Waals surface area (Å²) in [4.78, 5) is 28.3. The minimum absolute atomic E-state index is 0.00205. The quantitative estimate of drug-likeness (QED) is 0.360. The van der Waals surface area contributed by atoms with Crippen molar-refractivity contribution in [1.29, 1.82) is 0 Å². The molecule has 3 rings (SSSR count). The zero-order valence-electron chi connectivity index (χ0n) is 22.6. The number of methoxy groups -OCH3 is 1. The van der Waals surface area contributed by atoms with Gasteiger partial charge in [0, 0.05) is 13.1 Å². The first kappa shape index (κ1) is 29.6. The minimum Gasteiger partial charge on any atom is -0.495 e. The van der Waals surface area contributed by atoms with Crippen molar-refractivity contribution in [3.63, 3.8) is 0 Å². The number of carbonyl (C=O) groups is 2. The van der Waals surface area contributed by atoms with Crippen LogP contribution in [0.3, 0.4) is 0 Å². The number of likely N-dealkylation sites (N-methyl/N-ethyl adjacent to an activating group) is 1. The molecule has 208 valence electrons. The van der Waals surface area contributed by atoms with Crippen LogP contribution in [0, 0.1) is 12.7 Å². The third-order valence-electron chi connectivity index (χ3n) is 6.22. The molecule has 8 nitrogen and oxygen atoms in total. The number of halogens is 1. The Bertz CT molecular complexity index is 1380. The van der Waals surface area contributed by atoms with E-state index in [1.165, 1.54) is 48.4 Å². The van der Waals surface area contributed by atoms with E-state index in [9.17, 15) is 22.4 Å². The summed E-state index contributed by atoms with van der Waals surface area (Å²) in [5.74, 6) is -1.12. The van der Waals surface area contributed by atoms with E-state index in [4.69, 9.17) is 4.74 Å². The molecule has 2 amide bonds. The van der Waals surface area contributed by atoms with Crippen LogP contribution in [0.5, 0.6) is 5.75 Å². The van der Waals surface area contributed by atoms with Gasteiger partial charge in [-0.25, -0.2) is 12.8 Å². The second-order valence-electron chi connectivity index (χ2n) is 8.97. The summed E-state index contributed by atoms with van der Waals surface area (Å²) in [6.45, 7) is 5.11. The largest absolute Gasteiger partial charge is 0.495 e. The van der Waals surface area contributed by atoms with E-state index in [1.54, 1.807) is 57.2 Å². The Morgan fingerprint density at radius 2 is 1.67 bits per heavy atom. The highest BCUT2D eigenvalue weighted by Crippen LogP contribution is 2.33. The summed E-state index contributed by atoms with van der Waals surface area (Å²) in [5, 5.41) is 2.75. The van der Waals surface area contributed by atoms with Crippen LogP contribution in [0.2, 0.25) is 0 Å². The molecule has 0 spiro atoms. The molecule has 0 saturated carbocycles. The highest BCUT2D eigenvalue weighted by molar-refractivity contribution is 7.92. The molecule has 1 unspecified atom stereocenters. The number of hydrogen-bond acceptors (Lipinski definition) is 5. The first-order chi connectivity index (χ1) is 18.6. The van der Waals surface area contributed by atoms with E-state index < -0.39 is 34.3 Å². The van der Waals surface area contributed by atoms with Crippen LogP contribution in [-0.2, 0) is 26.2 Å². The predicted octanol–water partition coefficient (Wildman–Crippen LogP) is 4.28.